The number of piperazine rings is 1. The number of hydrogen-bond donors (Lipinski definition) is 0. The molecule has 1 fully saturated rings. The third-order valence-electron chi connectivity index (χ3n) is 3.62. The normalized spacial score (nSPS) is 17.1. The Labute approximate surface area is 129 Å². The highest BCUT2D eigenvalue weighted by Gasteiger charge is 2.36. The number of benzene rings is 1. The summed E-state index contributed by atoms with van der Waals surface area (Å²) in [5, 5.41) is 0. The molecule has 0 aromatic heterocycles. The Morgan fingerprint density at radius 3 is 2.38 bits per heavy atom. The molecule has 1 aliphatic heterocycles. The molecule has 21 heavy (non-hydrogen) atoms. The van der Waals surface area contributed by atoms with Gasteiger partial charge in [0.25, 0.3) is 5.91 Å². The molecule has 116 valence electrons. The van der Waals surface area contributed by atoms with Crippen LogP contribution in [0.15, 0.2) is 22.7 Å². The number of nitrogens with zero attached hydrogens (tertiary/aromatic N) is 2. The number of alkyl halides is 3. The zero-order valence-electron chi connectivity index (χ0n) is 11.6. The lowest BCUT2D eigenvalue weighted by molar-refractivity contribution is -0.138. The molecule has 0 unspecified atom stereocenters. The van der Waals surface area contributed by atoms with Crippen molar-refractivity contribution in [2.24, 2.45) is 0 Å². The van der Waals surface area contributed by atoms with Crippen LogP contribution in [0.2, 0.25) is 0 Å². The van der Waals surface area contributed by atoms with Gasteiger partial charge >= 0.3 is 6.18 Å². The van der Waals surface area contributed by atoms with Gasteiger partial charge in [0, 0.05) is 30.7 Å². The fourth-order valence-corrected chi connectivity index (χ4v) is 2.74. The van der Waals surface area contributed by atoms with Crippen LogP contribution in [0.5, 0.6) is 0 Å². The van der Waals surface area contributed by atoms with Crippen LogP contribution in [0.1, 0.15) is 22.8 Å². The largest absolute Gasteiger partial charge is 0.417 e. The molecule has 1 aromatic rings. The number of carbonyl (C=O) groups excluding carboxylic acids is 1. The molecular weight excluding hydrogens is 349 g/mol. The van der Waals surface area contributed by atoms with Crippen LogP contribution in [0, 0.1) is 0 Å². The summed E-state index contributed by atoms with van der Waals surface area (Å²) in [6.07, 6.45) is -4.54. The van der Waals surface area contributed by atoms with Gasteiger partial charge in [-0.15, -0.1) is 0 Å². The maximum atomic E-state index is 13.1. The summed E-state index contributed by atoms with van der Waals surface area (Å²) in [7, 11) is 0. The Bertz CT molecular complexity index is 525. The minimum Gasteiger partial charge on any atom is -0.336 e. The van der Waals surface area contributed by atoms with E-state index in [9.17, 15) is 18.0 Å². The Balaban J connectivity index is 2.24. The summed E-state index contributed by atoms with van der Waals surface area (Å²) < 4.78 is 39.5. The molecule has 0 spiro atoms. The van der Waals surface area contributed by atoms with Crippen LogP contribution in [0.3, 0.4) is 0 Å². The van der Waals surface area contributed by atoms with Gasteiger partial charge < -0.3 is 9.80 Å². The lowest BCUT2D eigenvalue weighted by atomic mass is 10.1. The first-order valence-electron chi connectivity index (χ1n) is 6.71. The van der Waals surface area contributed by atoms with Crippen molar-refractivity contribution in [2.75, 3.05) is 32.7 Å². The summed E-state index contributed by atoms with van der Waals surface area (Å²) in [6.45, 7) is 5.21. The number of halogens is 4. The van der Waals surface area contributed by atoms with E-state index in [1.807, 2.05) is 6.92 Å². The molecule has 2 rings (SSSR count). The molecule has 0 radical (unpaired) electrons. The number of hydrogen-bond acceptors (Lipinski definition) is 2. The third kappa shape index (κ3) is 3.77. The average Bonchev–Trinajstić information content (AvgIpc) is 2.45. The molecule has 0 bridgehead atoms. The molecule has 1 saturated heterocycles. The summed E-state index contributed by atoms with van der Waals surface area (Å²) in [4.78, 5) is 16.0. The van der Waals surface area contributed by atoms with Gasteiger partial charge in [-0.1, -0.05) is 22.9 Å². The number of amides is 1. The monoisotopic (exact) mass is 364 g/mol. The minimum absolute atomic E-state index is 0.282. The molecule has 0 atom stereocenters. The Morgan fingerprint density at radius 2 is 1.86 bits per heavy atom. The van der Waals surface area contributed by atoms with Crippen molar-refractivity contribution in [3.63, 3.8) is 0 Å². The van der Waals surface area contributed by atoms with Gasteiger partial charge in [0.05, 0.1) is 11.1 Å². The van der Waals surface area contributed by atoms with Gasteiger partial charge in [-0.05, 0) is 24.7 Å². The van der Waals surface area contributed by atoms with Crippen LogP contribution < -0.4 is 0 Å². The molecule has 3 nitrogen and oxygen atoms in total. The quantitative estimate of drug-likeness (QED) is 0.804. The van der Waals surface area contributed by atoms with E-state index in [2.05, 4.69) is 20.8 Å². The topological polar surface area (TPSA) is 23.6 Å². The number of carbonyl (C=O) groups is 1. The average molecular weight is 365 g/mol. The Kier molecular flexibility index (Phi) is 4.93. The van der Waals surface area contributed by atoms with Gasteiger partial charge in [-0.3, -0.25) is 4.79 Å². The predicted octanol–water partition coefficient (Wildman–Crippen LogP) is 3.25. The fourth-order valence-electron chi connectivity index (χ4n) is 2.38. The molecule has 1 amide bonds. The van der Waals surface area contributed by atoms with Gasteiger partial charge in [0.1, 0.15) is 0 Å². The van der Waals surface area contributed by atoms with Gasteiger partial charge in [-0.25, -0.2) is 0 Å². The third-order valence-corrected chi connectivity index (χ3v) is 4.12. The number of likely N-dealkylation sites (N-methyl/N-ethyl adjacent to an activating group) is 1. The molecular formula is C14H16BrF3N2O. The van der Waals surface area contributed by atoms with E-state index in [0.717, 1.165) is 12.6 Å². The van der Waals surface area contributed by atoms with Crippen LogP contribution >= 0.6 is 15.9 Å². The van der Waals surface area contributed by atoms with Crippen molar-refractivity contribution < 1.29 is 18.0 Å². The van der Waals surface area contributed by atoms with E-state index < -0.39 is 17.6 Å². The molecule has 1 aromatic carbocycles. The van der Waals surface area contributed by atoms with E-state index >= 15 is 0 Å². The fraction of sp³-hybridized carbons (Fsp3) is 0.500. The number of rotatable bonds is 2. The second-order valence-electron chi connectivity index (χ2n) is 4.91. The first kappa shape index (κ1) is 16.3. The van der Waals surface area contributed by atoms with Crippen molar-refractivity contribution in [1.82, 2.24) is 9.80 Å². The molecule has 0 aliphatic carbocycles. The second-order valence-corrected chi connectivity index (χ2v) is 5.83. The molecule has 1 aliphatic rings. The maximum absolute atomic E-state index is 13.1. The van der Waals surface area contributed by atoms with Crippen LogP contribution in [0.25, 0.3) is 0 Å². The predicted molar refractivity (Wildman–Crippen MR) is 77.2 cm³/mol. The SMILES string of the molecule is CCN1CCN(C(=O)c2ccc(Br)cc2C(F)(F)F)CC1. The van der Waals surface area contributed by atoms with E-state index in [1.165, 1.54) is 17.0 Å². The maximum Gasteiger partial charge on any atom is 0.417 e. The Morgan fingerprint density at radius 1 is 1.24 bits per heavy atom. The highest BCUT2D eigenvalue weighted by atomic mass is 79.9. The first-order chi connectivity index (χ1) is 9.82. The van der Waals surface area contributed by atoms with Crippen molar-refractivity contribution in [1.29, 1.82) is 0 Å². The summed E-state index contributed by atoms with van der Waals surface area (Å²) in [5.41, 5.74) is -1.17. The van der Waals surface area contributed by atoms with E-state index in [4.69, 9.17) is 0 Å². The molecule has 0 saturated carbocycles. The smallest absolute Gasteiger partial charge is 0.336 e. The van der Waals surface area contributed by atoms with Crippen molar-refractivity contribution in [3.8, 4) is 0 Å². The lowest BCUT2D eigenvalue weighted by Crippen LogP contribution is -2.48. The van der Waals surface area contributed by atoms with E-state index in [1.54, 1.807) is 0 Å². The van der Waals surface area contributed by atoms with Gasteiger partial charge in [-0.2, -0.15) is 13.2 Å². The Hall–Kier alpha value is -1.08. The van der Waals surface area contributed by atoms with Crippen LogP contribution in [-0.4, -0.2) is 48.4 Å². The summed E-state index contributed by atoms with van der Waals surface area (Å²) >= 11 is 3.02. The van der Waals surface area contributed by atoms with Crippen molar-refractivity contribution in [3.05, 3.63) is 33.8 Å². The highest BCUT2D eigenvalue weighted by Crippen LogP contribution is 2.34. The molecule has 7 heteroatoms. The van der Waals surface area contributed by atoms with Gasteiger partial charge in [0.2, 0.25) is 0 Å². The summed E-state index contributed by atoms with van der Waals surface area (Å²) in [5.74, 6) is -0.550. The first-order valence-corrected chi connectivity index (χ1v) is 7.50. The zero-order valence-corrected chi connectivity index (χ0v) is 13.2. The van der Waals surface area contributed by atoms with Crippen molar-refractivity contribution >= 4 is 21.8 Å². The highest BCUT2D eigenvalue weighted by molar-refractivity contribution is 9.10. The van der Waals surface area contributed by atoms with E-state index in [0.29, 0.717) is 30.7 Å². The molecule has 1 heterocycles. The zero-order chi connectivity index (χ0) is 15.6. The standard InChI is InChI=1S/C14H16BrF3N2O/c1-2-19-5-7-20(8-6-19)13(21)11-4-3-10(15)9-12(11)14(16,17)18/h3-4,9H,2,5-8H2,1H3. The second kappa shape index (κ2) is 6.36. The molecule has 0 N–H and O–H groups in total. The van der Waals surface area contributed by atoms with Gasteiger partial charge in [0.15, 0.2) is 0 Å². The summed E-state index contributed by atoms with van der Waals surface area (Å²) in [6, 6.07) is 3.65. The van der Waals surface area contributed by atoms with Crippen LogP contribution in [-0.2, 0) is 6.18 Å². The minimum atomic E-state index is -4.54. The lowest BCUT2D eigenvalue weighted by Gasteiger charge is -2.34. The van der Waals surface area contributed by atoms with Crippen molar-refractivity contribution in [2.45, 2.75) is 13.1 Å². The van der Waals surface area contributed by atoms with Crippen LogP contribution in [0.4, 0.5) is 13.2 Å². The van der Waals surface area contributed by atoms with E-state index in [-0.39, 0.29) is 5.56 Å².